The summed E-state index contributed by atoms with van der Waals surface area (Å²) >= 11 is 0. The number of aromatic amines is 1. The molecule has 3 N–H and O–H groups in total. The number of ether oxygens (including phenoxy) is 1. The van der Waals surface area contributed by atoms with Crippen molar-refractivity contribution in [3.05, 3.63) is 33.1 Å². The van der Waals surface area contributed by atoms with Crippen LogP contribution in [0.2, 0.25) is 0 Å². The van der Waals surface area contributed by atoms with Gasteiger partial charge in [0.2, 0.25) is 0 Å². The lowest BCUT2D eigenvalue weighted by molar-refractivity contribution is -0.0596. The van der Waals surface area contributed by atoms with E-state index in [4.69, 9.17) is 9.84 Å². The van der Waals surface area contributed by atoms with Crippen LogP contribution >= 0.6 is 0 Å². The third-order valence-corrected chi connectivity index (χ3v) is 3.98. The van der Waals surface area contributed by atoms with Crippen LogP contribution in [0.1, 0.15) is 12.6 Å². The Morgan fingerprint density at radius 1 is 1.50 bits per heavy atom. The number of nitrogens with one attached hydrogen (secondary N) is 1. The normalized spacial score (nSPS) is 38.3. The Labute approximate surface area is 110 Å². The molecule has 2 fully saturated rings. The summed E-state index contributed by atoms with van der Waals surface area (Å²) in [5, 5.41) is 19.0. The van der Waals surface area contributed by atoms with Crippen LogP contribution in [0.3, 0.4) is 0 Å². The molecule has 2 aliphatic rings. The van der Waals surface area contributed by atoms with Crippen molar-refractivity contribution in [1.29, 1.82) is 0 Å². The van der Waals surface area contributed by atoms with Crippen molar-refractivity contribution in [3.63, 3.8) is 0 Å². The Hall–Kier alpha value is -1.58. The van der Waals surface area contributed by atoms with Crippen LogP contribution in [0, 0.1) is 5.41 Å². The van der Waals surface area contributed by atoms with Crippen LogP contribution in [-0.2, 0) is 4.74 Å². The molecule has 1 saturated carbocycles. The van der Waals surface area contributed by atoms with E-state index in [1.54, 1.807) is 0 Å². The van der Waals surface area contributed by atoms with Gasteiger partial charge in [0, 0.05) is 18.7 Å². The van der Waals surface area contributed by atoms with Crippen LogP contribution in [0.4, 0.5) is 8.78 Å². The minimum absolute atomic E-state index is 0.645. The SMILES string of the molecule is O=c1ccn([C@@H]2O[C@H](CO)[C@H](O)C23CC3(F)F)c(=O)[nH]1. The van der Waals surface area contributed by atoms with Gasteiger partial charge in [-0.25, -0.2) is 13.6 Å². The van der Waals surface area contributed by atoms with E-state index in [-0.39, 0.29) is 0 Å². The van der Waals surface area contributed by atoms with Crippen LogP contribution in [0.5, 0.6) is 0 Å². The molecule has 4 atom stereocenters. The largest absolute Gasteiger partial charge is 0.394 e. The number of aliphatic hydroxyl groups is 2. The zero-order chi connectivity index (χ0) is 14.7. The lowest BCUT2D eigenvalue weighted by Gasteiger charge is -2.21. The van der Waals surface area contributed by atoms with Crippen molar-refractivity contribution in [2.75, 3.05) is 6.61 Å². The van der Waals surface area contributed by atoms with E-state index in [2.05, 4.69) is 0 Å². The van der Waals surface area contributed by atoms with Gasteiger partial charge in [-0.1, -0.05) is 0 Å². The van der Waals surface area contributed by atoms with Crippen LogP contribution in [0.25, 0.3) is 0 Å². The molecule has 1 aliphatic heterocycles. The van der Waals surface area contributed by atoms with Crippen molar-refractivity contribution in [3.8, 4) is 0 Å². The van der Waals surface area contributed by atoms with Crippen molar-refractivity contribution in [2.45, 2.75) is 30.8 Å². The highest BCUT2D eigenvalue weighted by atomic mass is 19.3. The molecule has 0 radical (unpaired) electrons. The van der Waals surface area contributed by atoms with Crippen LogP contribution < -0.4 is 11.2 Å². The van der Waals surface area contributed by atoms with Crippen molar-refractivity contribution >= 4 is 0 Å². The van der Waals surface area contributed by atoms with E-state index >= 15 is 0 Å². The van der Waals surface area contributed by atoms with Crippen LogP contribution in [-0.4, -0.2) is 44.5 Å². The van der Waals surface area contributed by atoms with Gasteiger partial charge in [-0.3, -0.25) is 14.3 Å². The standard InChI is InChI=1S/C11H12F2N2O5/c12-11(13)4-10(11)7(18)5(3-16)20-8(10)15-2-1-6(17)14-9(15)19/h1-2,5,7-8,16,18H,3-4H2,(H,14,17,19)/t5-,7+,8-,10?/m1/s1. The average Bonchev–Trinajstić information content (AvgIpc) is 2.84. The molecule has 2 heterocycles. The highest BCUT2D eigenvalue weighted by Gasteiger charge is 2.83. The number of hydrogen-bond donors (Lipinski definition) is 3. The predicted octanol–water partition coefficient (Wildman–Crippen LogP) is -1.19. The van der Waals surface area contributed by atoms with Gasteiger partial charge in [0.05, 0.1) is 12.7 Å². The smallest absolute Gasteiger partial charge is 0.330 e. The fourth-order valence-electron chi connectivity index (χ4n) is 2.82. The maximum atomic E-state index is 13.7. The van der Waals surface area contributed by atoms with E-state index in [0.29, 0.717) is 0 Å². The molecule has 3 rings (SSSR count). The Morgan fingerprint density at radius 3 is 2.65 bits per heavy atom. The molecule has 1 unspecified atom stereocenters. The van der Waals surface area contributed by atoms with E-state index in [1.165, 1.54) is 0 Å². The molecule has 0 bridgehead atoms. The molecule has 1 saturated heterocycles. The maximum Gasteiger partial charge on any atom is 0.330 e. The Bertz CT molecular complexity index is 657. The minimum Gasteiger partial charge on any atom is -0.394 e. The molecule has 7 nitrogen and oxygen atoms in total. The van der Waals surface area contributed by atoms with Crippen LogP contribution in [0.15, 0.2) is 21.9 Å². The minimum atomic E-state index is -3.20. The third-order valence-electron chi connectivity index (χ3n) is 3.98. The Balaban J connectivity index is 2.09. The summed E-state index contributed by atoms with van der Waals surface area (Å²) in [6.07, 6.45) is -3.84. The number of halogens is 2. The second-order valence-electron chi connectivity index (χ2n) is 5.09. The predicted molar refractivity (Wildman–Crippen MR) is 60.3 cm³/mol. The quantitative estimate of drug-likeness (QED) is 0.635. The van der Waals surface area contributed by atoms with Gasteiger partial charge in [0.25, 0.3) is 11.5 Å². The maximum absolute atomic E-state index is 13.7. The number of hydrogen-bond acceptors (Lipinski definition) is 5. The number of alkyl halides is 2. The summed E-state index contributed by atoms with van der Waals surface area (Å²) in [6.45, 7) is -0.645. The van der Waals surface area contributed by atoms with Crippen molar-refractivity contribution in [1.82, 2.24) is 9.55 Å². The Kier molecular flexibility index (Phi) is 2.66. The molecule has 0 amide bonds. The summed E-state index contributed by atoms with van der Waals surface area (Å²) in [7, 11) is 0. The molecule has 0 aromatic carbocycles. The Morgan fingerprint density at radius 2 is 2.15 bits per heavy atom. The van der Waals surface area contributed by atoms with Gasteiger partial charge in [-0.2, -0.15) is 0 Å². The summed E-state index contributed by atoms with van der Waals surface area (Å²) < 4.78 is 33.4. The van der Waals surface area contributed by atoms with E-state index in [9.17, 15) is 23.5 Å². The van der Waals surface area contributed by atoms with Gasteiger partial charge >= 0.3 is 5.69 Å². The zero-order valence-electron chi connectivity index (χ0n) is 10.1. The average molecular weight is 290 g/mol. The molecule has 110 valence electrons. The topological polar surface area (TPSA) is 105 Å². The van der Waals surface area contributed by atoms with E-state index in [1.807, 2.05) is 4.98 Å². The molecule has 1 aromatic heterocycles. The first kappa shape index (κ1) is 13.4. The van der Waals surface area contributed by atoms with Crippen molar-refractivity contribution in [2.24, 2.45) is 5.41 Å². The van der Waals surface area contributed by atoms with Gasteiger partial charge < -0.3 is 14.9 Å². The first-order valence-electron chi connectivity index (χ1n) is 5.97. The van der Waals surface area contributed by atoms with Crippen molar-refractivity contribution < 1.29 is 23.7 Å². The van der Waals surface area contributed by atoms with E-state index < -0.39 is 54.1 Å². The van der Waals surface area contributed by atoms with Gasteiger partial charge in [0.15, 0.2) is 6.23 Å². The molecular formula is C11H12F2N2O5. The molecule has 1 aromatic rings. The van der Waals surface area contributed by atoms with Gasteiger partial charge in [0.1, 0.15) is 11.5 Å². The summed E-state index contributed by atoms with van der Waals surface area (Å²) in [5.74, 6) is -3.20. The highest BCUT2D eigenvalue weighted by molar-refractivity contribution is 5.21. The number of nitrogens with zero attached hydrogens (tertiary/aromatic N) is 1. The number of rotatable bonds is 2. The second-order valence-corrected chi connectivity index (χ2v) is 5.09. The lowest BCUT2D eigenvalue weighted by atomic mass is 9.95. The highest BCUT2D eigenvalue weighted by Crippen LogP contribution is 2.71. The summed E-state index contributed by atoms with van der Waals surface area (Å²) in [6, 6.07) is 0.998. The fourth-order valence-corrected chi connectivity index (χ4v) is 2.82. The summed E-state index contributed by atoms with van der Waals surface area (Å²) in [4.78, 5) is 24.6. The monoisotopic (exact) mass is 290 g/mol. The second kappa shape index (κ2) is 3.96. The number of aliphatic hydroxyl groups excluding tert-OH is 2. The summed E-state index contributed by atoms with van der Waals surface area (Å²) in [5.41, 5.74) is -3.52. The molecular weight excluding hydrogens is 278 g/mol. The molecule has 9 heteroatoms. The first-order valence-corrected chi connectivity index (χ1v) is 5.97. The fraction of sp³-hybridized carbons (Fsp3) is 0.636. The lowest BCUT2D eigenvalue weighted by Crippen LogP contribution is -2.38. The first-order chi connectivity index (χ1) is 9.33. The molecule has 1 aliphatic carbocycles. The van der Waals surface area contributed by atoms with E-state index in [0.717, 1.165) is 16.8 Å². The number of aromatic nitrogens is 2. The third kappa shape index (κ3) is 1.54. The van der Waals surface area contributed by atoms with Gasteiger partial charge in [-0.05, 0) is 0 Å². The van der Waals surface area contributed by atoms with Gasteiger partial charge in [-0.15, -0.1) is 0 Å². The number of H-pyrrole nitrogens is 1. The molecule has 20 heavy (non-hydrogen) atoms. The molecule has 1 spiro atoms. The zero-order valence-corrected chi connectivity index (χ0v) is 10.1.